The molecule has 1 nitrogen and oxygen atoms in total. The Kier molecular flexibility index (Phi) is 3.37. The van der Waals surface area contributed by atoms with Crippen LogP contribution in [0.3, 0.4) is 0 Å². The van der Waals surface area contributed by atoms with E-state index in [9.17, 15) is 0 Å². The highest BCUT2D eigenvalue weighted by atomic mass is 14.9. The quantitative estimate of drug-likeness (QED) is 0.852. The summed E-state index contributed by atoms with van der Waals surface area (Å²) in [5.41, 5.74) is 4.36. The molecule has 4 bridgehead atoms. The molecule has 0 aliphatic heterocycles. The second-order valence-corrected chi connectivity index (χ2v) is 8.20. The Bertz CT molecular complexity index is 484. The number of benzene rings is 1. The number of hydrogen-bond donors (Lipinski definition) is 1. The Morgan fingerprint density at radius 2 is 1.38 bits per heavy atom. The minimum absolute atomic E-state index is 0.568. The predicted molar refractivity (Wildman–Crippen MR) is 88.3 cm³/mol. The summed E-state index contributed by atoms with van der Waals surface area (Å²) in [7, 11) is 2.17. The van der Waals surface area contributed by atoms with Crippen LogP contribution in [-0.4, -0.2) is 7.05 Å². The highest BCUT2D eigenvalue weighted by Gasteiger charge is 2.50. The van der Waals surface area contributed by atoms with E-state index in [4.69, 9.17) is 0 Å². The molecule has 0 saturated heterocycles. The molecule has 1 aromatic rings. The van der Waals surface area contributed by atoms with Gasteiger partial charge in [-0.05, 0) is 88.2 Å². The fourth-order valence-electron chi connectivity index (χ4n) is 6.28. The zero-order valence-electron chi connectivity index (χ0n) is 13.7. The van der Waals surface area contributed by atoms with Crippen molar-refractivity contribution < 1.29 is 0 Å². The van der Waals surface area contributed by atoms with Crippen LogP contribution in [0, 0.1) is 43.4 Å². The van der Waals surface area contributed by atoms with Crippen LogP contribution in [0.2, 0.25) is 0 Å². The maximum absolute atomic E-state index is 3.70. The molecule has 1 aromatic carbocycles. The Morgan fingerprint density at radius 3 is 1.86 bits per heavy atom. The molecular formula is C20H29N. The largest absolute Gasteiger partial charge is 0.313 e. The molecule has 0 amide bonds. The molecule has 1 atom stereocenters. The smallest absolute Gasteiger partial charge is 0.0351 e. The van der Waals surface area contributed by atoms with E-state index in [0.29, 0.717) is 6.04 Å². The maximum Gasteiger partial charge on any atom is 0.0351 e. The maximum atomic E-state index is 3.70. The van der Waals surface area contributed by atoms with E-state index in [1.807, 2.05) is 0 Å². The minimum atomic E-state index is 0.568. The summed E-state index contributed by atoms with van der Waals surface area (Å²) in [4.78, 5) is 0. The van der Waals surface area contributed by atoms with Crippen molar-refractivity contribution in [1.82, 2.24) is 5.32 Å². The lowest BCUT2D eigenvalue weighted by Gasteiger charge is -2.56. The van der Waals surface area contributed by atoms with Gasteiger partial charge in [-0.25, -0.2) is 0 Å². The molecule has 0 heterocycles. The summed E-state index contributed by atoms with van der Waals surface area (Å²) < 4.78 is 0. The van der Waals surface area contributed by atoms with Gasteiger partial charge in [-0.1, -0.05) is 29.3 Å². The first-order valence-electron chi connectivity index (χ1n) is 8.89. The Balaban J connectivity index is 1.66. The monoisotopic (exact) mass is 283 g/mol. The molecule has 4 fully saturated rings. The number of aryl methyl sites for hydroxylation is 2. The summed E-state index contributed by atoms with van der Waals surface area (Å²) in [6, 6.07) is 7.70. The van der Waals surface area contributed by atoms with Gasteiger partial charge in [0.15, 0.2) is 0 Å². The van der Waals surface area contributed by atoms with Gasteiger partial charge in [0.25, 0.3) is 0 Å². The van der Waals surface area contributed by atoms with Crippen LogP contribution in [0.25, 0.3) is 0 Å². The highest BCUT2D eigenvalue weighted by Crippen LogP contribution is 2.59. The van der Waals surface area contributed by atoms with Crippen molar-refractivity contribution in [3.8, 4) is 0 Å². The molecule has 0 spiro atoms. The first kappa shape index (κ1) is 13.8. The van der Waals surface area contributed by atoms with Gasteiger partial charge >= 0.3 is 0 Å². The molecule has 4 aliphatic carbocycles. The summed E-state index contributed by atoms with van der Waals surface area (Å²) in [5.74, 6) is 4.99. The molecule has 114 valence electrons. The lowest BCUT2D eigenvalue weighted by atomic mass is 9.50. The summed E-state index contributed by atoms with van der Waals surface area (Å²) >= 11 is 0. The van der Waals surface area contributed by atoms with Gasteiger partial charge in [-0.3, -0.25) is 0 Å². The van der Waals surface area contributed by atoms with E-state index < -0.39 is 0 Å². The number of rotatable bonds is 3. The highest BCUT2D eigenvalue weighted by molar-refractivity contribution is 5.31. The van der Waals surface area contributed by atoms with Crippen LogP contribution in [0.5, 0.6) is 0 Å². The zero-order chi connectivity index (χ0) is 14.6. The topological polar surface area (TPSA) is 12.0 Å². The van der Waals surface area contributed by atoms with Crippen molar-refractivity contribution in [1.29, 1.82) is 0 Å². The zero-order valence-corrected chi connectivity index (χ0v) is 13.7. The van der Waals surface area contributed by atoms with Crippen LogP contribution < -0.4 is 5.32 Å². The molecule has 1 unspecified atom stereocenters. The first-order chi connectivity index (χ1) is 10.1. The number of nitrogens with one attached hydrogen (secondary N) is 1. The van der Waals surface area contributed by atoms with Crippen molar-refractivity contribution in [3.63, 3.8) is 0 Å². The average Bonchev–Trinajstić information content (AvgIpc) is 2.40. The van der Waals surface area contributed by atoms with E-state index in [2.05, 4.69) is 44.4 Å². The van der Waals surface area contributed by atoms with Gasteiger partial charge in [0, 0.05) is 6.04 Å². The second kappa shape index (κ2) is 5.12. The number of hydrogen-bond acceptors (Lipinski definition) is 1. The third-order valence-corrected chi connectivity index (χ3v) is 6.60. The first-order valence-corrected chi connectivity index (χ1v) is 8.89. The normalized spacial score (nSPS) is 38.7. The van der Waals surface area contributed by atoms with E-state index in [0.717, 1.165) is 29.6 Å². The van der Waals surface area contributed by atoms with Crippen molar-refractivity contribution in [2.75, 3.05) is 7.05 Å². The van der Waals surface area contributed by atoms with Crippen LogP contribution in [0.4, 0.5) is 0 Å². The molecule has 1 N–H and O–H groups in total. The Labute approximate surface area is 129 Å². The molecule has 4 aliphatic rings. The summed E-state index contributed by atoms with van der Waals surface area (Å²) in [6.45, 7) is 4.47. The standard InChI is InChI=1S/C20H29N/c1-12-4-13(2)6-18(5-12)20(21-3)19-16-8-14-7-15(10-16)11-17(19)9-14/h4-6,14-17,19-21H,7-11H2,1-3H3. The molecule has 4 saturated carbocycles. The predicted octanol–water partition coefficient (Wildman–Crippen LogP) is 4.64. The fourth-order valence-corrected chi connectivity index (χ4v) is 6.28. The Morgan fingerprint density at radius 1 is 0.857 bits per heavy atom. The summed E-state index contributed by atoms with van der Waals surface area (Å²) in [5, 5.41) is 3.70. The lowest BCUT2D eigenvalue weighted by molar-refractivity contribution is -0.0515. The van der Waals surface area contributed by atoms with Crippen molar-refractivity contribution in [3.05, 3.63) is 34.9 Å². The fraction of sp³-hybridized carbons (Fsp3) is 0.700. The third-order valence-electron chi connectivity index (χ3n) is 6.60. The SMILES string of the molecule is CNC(c1cc(C)cc(C)c1)C1C2CC3CC(C2)CC1C3. The summed E-state index contributed by atoms with van der Waals surface area (Å²) in [6.07, 6.45) is 7.61. The Hall–Kier alpha value is -0.820. The van der Waals surface area contributed by atoms with Crippen molar-refractivity contribution in [2.45, 2.75) is 52.0 Å². The van der Waals surface area contributed by atoms with Gasteiger partial charge in [0.2, 0.25) is 0 Å². The molecule has 5 rings (SSSR count). The molecule has 0 aromatic heterocycles. The van der Waals surface area contributed by atoms with Crippen molar-refractivity contribution in [2.24, 2.45) is 29.6 Å². The van der Waals surface area contributed by atoms with Gasteiger partial charge in [0.1, 0.15) is 0 Å². The van der Waals surface area contributed by atoms with Crippen LogP contribution in [0.1, 0.15) is 54.8 Å². The molecule has 0 radical (unpaired) electrons. The lowest BCUT2D eigenvalue weighted by Crippen LogP contribution is -2.49. The molecule has 21 heavy (non-hydrogen) atoms. The van der Waals surface area contributed by atoms with Crippen molar-refractivity contribution >= 4 is 0 Å². The molecular weight excluding hydrogens is 254 g/mol. The van der Waals surface area contributed by atoms with Crippen LogP contribution in [-0.2, 0) is 0 Å². The second-order valence-electron chi connectivity index (χ2n) is 8.20. The minimum Gasteiger partial charge on any atom is -0.313 e. The van der Waals surface area contributed by atoms with Gasteiger partial charge < -0.3 is 5.32 Å². The van der Waals surface area contributed by atoms with E-state index in [1.54, 1.807) is 6.42 Å². The average molecular weight is 283 g/mol. The van der Waals surface area contributed by atoms with Gasteiger partial charge in [-0.15, -0.1) is 0 Å². The van der Waals surface area contributed by atoms with Crippen LogP contribution >= 0.6 is 0 Å². The third kappa shape index (κ3) is 2.34. The van der Waals surface area contributed by atoms with Gasteiger partial charge in [-0.2, -0.15) is 0 Å². The van der Waals surface area contributed by atoms with E-state index in [1.165, 1.54) is 42.4 Å². The van der Waals surface area contributed by atoms with Crippen LogP contribution in [0.15, 0.2) is 18.2 Å². The van der Waals surface area contributed by atoms with Gasteiger partial charge in [0.05, 0.1) is 0 Å². The van der Waals surface area contributed by atoms with E-state index >= 15 is 0 Å². The molecule has 1 heteroatoms. The van der Waals surface area contributed by atoms with E-state index in [-0.39, 0.29) is 0 Å².